The lowest BCUT2D eigenvalue weighted by atomic mass is 10.1. The highest BCUT2D eigenvalue weighted by Gasteiger charge is 2.37. The van der Waals surface area contributed by atoms with Gasteiger partial charge in [-0.3, -0.25) is 0 Å². The summed E-state index contributed by atoms with van der Waals surface area (Å²) in [6.07, 6.45) is 0.937. The number of anilines is 1. The van der Waals surface area contributed by atoms with Crippen molar-refractivity contribution in [1.29, 1.82) is 0 Å². The van der Waals surface area contributed by atoms with Gasteiger partial charge in [0.15, 0.2) is 0 Å². The largest absolute Gasteiger partial charge is 0.365 e. The molecule has 126 valence electrons. The highest BCUT2D eigenvalue weighted by atomic mass is 32.2. The van der Waals surface area contributed by atoms with E-state index in [0.717, 1.165) is 24.1 Å². The first-order chi connectivity index (χ1) is 11.5. The van der Waals surface area contributed by atoms with E-state index in [-0.39, 0.29) is 11.8 Å². The average Bonchev–Trinajstić information content (AvgIpc) is 2.94. The zero-order valence-electron chi connectivity index (χ0n) is 13.9. The predicted molar refractivity (Wildman–Crippen MR) is 96.7 cm³/mol. The highest BCUT2D eigenvalue weighted by molar-refractivity contribution is 7.88. The fraction of sp³-hybridized carbons (Fsp3) is 0.368. The maximum absolute atomic E-state index is 12.8. The summed E-state index contributed by atoms with van der Waals surface area (Å²) in [6, 6.07) is 16.4. The lowest BCUT2D eigenvalue weighted by Crippen LogP contribution is -2.53. The molecule has 4 rings (SSSR count). The summed E-state index contributed by atoms with van der Waals surface area (Å²) in [5.74, 6) is 0.0902. The third kappa shape index (κ3) is 2.82. The Morgan fingerprint density at radius 2 is 1.79 bits per heavy atom. The summed E-state index contributed by atoms with van der Waals surface area (Å²) in [7, 11) is -3.27. The van der Waals surface area contributed by atoms with Crippen LogP contribution in [0.1, 0.15) is 16.7 Å². The third-order valence-electron chi connectivity index (χ3n) is 5.07. The van der Waals surface area contributed by atoms with E-state index >= 15 is 0 Å². The molecule has 0 bridgehead atoms. The van der Waals surface area contributed by atoms with Gasteiger partial charge >= 0.3 is 0 Å². The Morgan fingerprint density at radius 1 is 1.04 bits per heavy atom. The maximum atomic E-state index is 12.8. The minimum atomic E-state index is -3.27. The van der Waals surface area contributed by atoms with Crippen molar-refractivity contribution in [3.63, 3.8) is 0 Å². The summed E-state index contributed by atoms with van der Waals surface area (Å²) >= 11 is 0. The zero-order chi connectivity index (χ0) is 16.7. The fourth-order valence-corrected chi connectivity index (χ4v) is 5.33. The van der Waals surface area contributed by atoms with Gasteiger partial charge in [-0.2, -0.15) is 4.31 Å². The van der Waals surface area contributed by atoms with Gasteiger partial charge in [-0.1, -0.05) is 48.0 Å². The number of aryl methyl sites for hydroxylation is 1. The molecule has 0 N–H and O–H groups in total. The first-order valence-electron chi connectivity index (χ1n) is 8.41. The van der Waals surface area contributed by atoms with E-state index in [0.29, 0.717) is 13.1 Å². The van der Waals surface area contributed by atoms with Gasteiger partial charge in [0.1, 0.15) is 0 Å². The van der Waals surface area contributed by atoms with Crippen molar-refractivity contribution in [2.45, 2.75) is 25.1 Å². The second-order valence-corrected chi connectivity index (χ2v) is 8.75. The van der Waals surface area contributed by atoms with Crippen LogP contribution in [0.15, 0.2) is 48.5 Å². The molecule has 2 aromatic rings. The number of sulfonamides is 1. The minimum absolute atomic E-state index is 0.0902. The first-order valence-corrected chi connectivity index (χ1v) is 10.0. The second-order valence-electron chi connectivity index (χ2n) is 6.78. The second kappa shape index (κ2) is 5.90. The van der Waals surface area contributed by atoms with E-state index in [4.69, 9.17) is 0 Å². The molecule has 2 aliphatic heterocycles. The third-order valence-corrected chi connectivity index (χ3v) is 6.88. The molecular formula is C19H22N2O2S. The van der Waals surface area contributed by atoms with Crippen molar-refractivity contribution in [3.8, 4) is 0 Å². The molecule has 5 heteroatoms. The molecule has 0 aromatic heterocycles. The van der Waals surface area contributed by atoms with E-state index < -0.39 is 10.0 Å². The standard InChI is InChI=1S/C19H22N2O2S/c1-15-6-8-16(9-7-15)14-24(22,23)20-10-11-21-18(13-20)12-17-4-2-3-5-19(17)21/h2-9,18H,10-14H2,1H3. The summed E-state index contributed by atoms with van der Waals surface area (Å²) < 4.78 is 27.3. The summed E-state index contributed by atoms with van der Waals surface area (Å²) in [5, 5.41) is 0. The number of nitrogens with zero attached hydrogens (tertiary/aromatic N) is 2. The molecule has 1 unspecified atom stereocenters. The molecule has 0 spiro atoms. The van der Waals surface area contributed by atoms with Crippen molar-refractivity contribution in [2.75, 3.05) is 24.5 Å². The first kappa shape index (κ1) is 15.7. The topological polar surface area (TPSA) is 40.6 Å². The number of rotatable bonds is 3. The molecular weight excluding hydrogens is 320 g/mol. The van der Waals surface area contributed by atoms with Crippen LogP contribution in [0.3, 0.4) is 0 Å². The molecule has 24 heavy (non-hydrogen) atoms. The fourth-order valence-electron chi connectivity index (χ4n) is 3.77. The lowest BCUT2D eigenvalue weighted by molar-refractivity contribution is 0.339. The number of piperazine rings is 1. The van der Waals surface area contributed by atoms with Gasteiger partial charge in [-0.15, -0.1) is 0 Å². The summed E-state index contributed by atoms with van der Waals surface area (Å²) in [5.41, 5.74) is 4.62. The number of hydrogen-bond acceptors (Lipinski definition) is 3. The van der Waals surface area contributed by atoms with Gasteiger partial charge in [-0.05, 0) is 30.5 Å². The number of benzene rings is 2. The predicted octanol–water partition coefficient (Wildman–Crippen LogP) is 2.57. The van der Waals surface area contributed by atoms with E-state index in [1.165, 1.54) is 11.3 Å². The van der Waals surface area contributed by atoms with Gasteiger partial charge < -0.3 is 4.90 Å². The van der Waals surface area contributed by atoms with Crippen LogP contribution in [0.4, 0.5) is 5.69 Å². The van der Waals surface area contributed by atoms with E-state index in [2.05, 4.69) is 29.2 Å². The van der Waals surface area contributed by atoms with Crippen molar-refractivity contribution in [1.82, 2.24) is 4.31 Å². The summed E-state index contributed by atoms with van der Waals surface area (Å²) in [6.45, 7) is 3.94. The maximum Gasteiger partial charge on any atom is 0.218 e. The van der Waals surface area contributed by atoms with Gasteiger partial charge in [0.2, 0.25) is 10.0 Å². The molecule has 0 amide bonds. The lowest BCUT2D eigenvalue weighted by Gasteiger charge is -2.38. The molecule has 4 nitrogen and oxygen atoms in total. The Hall–Kier alpha value is -1.85. The Bertz CT molecular complexity index is 846. The van der Waals surface area contributed by atoms with Crippen LogP contribution in [-0.2, 0) is 22.2 Å². The normalized spacial score (nSPS) is 20.7. The smallest absolute Gasteiger partial charge is 0.218 e. The zero-order valence-corrected chi connectivity index (χ0v) is 14.7. The quantitative estimate of drug-likeness (QED) is 0.861. The van der Waals surface area contributed by atoms with E-state index in [1.54, 1.807) is 4.31 Å². The molecule has 1 atom stereocenters. The average molecular weight is 342 g/mol. The Morgan fingerprint density at radius 3 is 2.58 bits per heavy atom. The Kier molecular flexibility index (Phi) is 3.85. The van der Waals surface area contributed by atoms with Crippen molar-refractivity contribution < 1.29 is 8.42 Å². The molecule has 2 aliphatic rings. The Labute approximate surface area is 143 Å². The van der Waals surface area contributed by atoms with Crippen molar-refractivity contribution >= 4 is 15.7 Å². The SMILES string of the molecule is Cc1ccc(CS(=O)(=O)N2CCN3c4ccccc4CC3C2)cc1. The molecule has 2 heterocycles. The van der Waals surface area contributed by atoms with Crippen LogP contribution in [0.5, 0.6) is 0 Å². The highest BCUT2D eigenvalue weighted by Crippen LogP contribution is 2.34. The molecule has 0 aliphatic carbocycles. The van der Waals surface area contributed by atoms with Crippen LogP contribution in [-0.4, -0.2) is 38.4 Å². The number of fused-ring (bicyclic) bond motifs is 3. The summed E-state index contributed by atoms with van der Waals surface area (Å²) in [4.78, 5) is 2.37. The number of hydrogen-bond donors (Lipinski definition) is 0. The van der Waals surface area contributed by atoms with Crippen LogP contribution in [0, 0.1) is 6.92 Å². The number of para-hydroxylation sites is 1. The van der Waals surface area contributed by atoms with Gasteiger partial charge in [0.25, 0.3) is 0 Å². The molecule has 1 fully saturated rings. The minimum Gasteiger partial charge on any atom is -0.365 e. The van der Waals surface area contributed by atoms with Crippen LogP contribution in [0.25, 0.3) is 0 Å². The van der Waals surface area contributed by atoms with E-state index in [9.17, 15) is 8.42 Å². The molecule has 2 aromatic carbocycles. The molecule has 1 saturated heterocycles. The van der Waals surface area contributed by atoms with Crippen LogP contribution in [0.2, 0.25) is 0 Å². The molecule has 0 radical (unpaired) electrons. The Balaban J connectivity index is 1.49. The monoisotopic (exact) mass is 342 g/mol. The molecule has 0 saturated carbocycles. The van der Waals surface area contributed by atoms with E-state index in [1.807, 2.05) is 31.2 Å². The van der Waals surface area contributed by atoms with Gasteiger partial charge in [0.05, 0.1) is 5.75 Å². The van der Waals surface area contributed by atoms with Crippen LogP contribution < -0.4 is 4.90 Å². The van der Waals surface area contributed by atoms with Gasteiger partial charge in [-0.25, -0.2) is 8.42 Å². The van der Waals surface area contributed by atoms with Gasteiger partial charge in [0, 0.05) is 31.4 Å². The van der Waals surface area contributed by atoms with Crippen molar-refractivity contribution in [2.24, 2.45) is 0 Å². The van der Waals surface area contributed by atoms with Crippen LogP contribution >= 0.6 is 0 Å². The van der Waals surface area contributed by atoms with Crippen molar-refractivity contribution in [3.05, 3.63) is 65.2 Å².